The third-order valence-electron chi connectivity index (χ3n) is 4.82. The van der Waals surface area contributed by atoms with Gasteiger partial charge in [0.15, 0.2) is 11.5 Å². The maximum Gasteiger partial charge on any atom is 0.217 e. The van der Waals surface area contributed by atoms with Crippen LogP contribution in [0, 0.1) is 5.92 Å². The molecule has 0 saturated heterocycles. The molecule has 5 heteroatoms. The molecule has 0 spiro atoms. The highest BCUT2D eigenvalue weighted by atomic mass is 16.5. The average Bonchev–Trinajstić information content (AvgIpc) is 2.65. The molecule has 5 nitrogen and oxygen atoms in total. The lowest BCUT2D eigenvalue weighted by Gasteiger charge is -2.36. The van der Waals surface area contributed by atoms with Crippen LogP contribution < -0.4 is 19.5 Å². The van der Waals surface area contributed by atoms with Crippen LogP contribution >= 0.6 is 0 Å². The van der Waals surface area contributed by atoms with Crippen molar-refractivity contribution in [3.63, 3.8) is 0 Å². The van der Waals surface area contributed by atoms with E-state index in [0.29, 0.717) is 11.8 Å². The predicted octanol–water partition coefficient (Wildman–Crippen LogP) is 3.69. The van der Waals surface area contributed by atoms with E-state index in [9.17, 15) is 0 Å². The van der Waals surface area contributed by atoms with Gasteiger partial charge in [0.25, 0.3) is 0 Å². The number of methoxy groups -OCH3 is 3. The van der Waals surface area contributed by atoms with E-state index in [4.69, 9.17) is 14.2 Å². The Balaban J connectivity index is 2.06. The van der Waals surface area contributed by atoms with Gasteiger partial charge in [-0.3, -0.25) is 0 Å². The van der Waals surface area contributed by atoms with Gasteiger partial charge in [0.05, 0.1) is 21.3 Å². The van der Waals surface area contributed by atoms with Crippen molar-refractivity contribution in [3.8, 4) is 17.4 Å². The number of hydrogen-bond acceptors (Lipinski definition) is 5. The summed E-state index contributed by atoms with van der Waals surface area (Å²) in [5, 5.41) is 3.77. The Morgan fingerprint density at radius 1 is 1.04 bits per heavy atom. The molecule has 0 bridgehead atoms. The summed E-state index contributed by atoms with van der Waals surface area (Å²) in [5.41, 5.74) is 3.62. The summed E-state index contributed by atoms with van der Waals surface area (Å²) >= 11 is 0. The van der Waals surface area contributed by atoms with Crippen LogP contribution in [-0.2, 0) is 6.42 Å². The molecule has 2 heterocycles. The highest BCUT2D eigenvalue weighted by Gasteiger charge is 2.32. The van der Waals surface area contributed by atoms with E-state index in [1.807, 2.05) is 6.07 Å². The van der Waals surface area contributed by atoms with Crippen LogP contribution in [0.5, 0.6) is 17.4 Å². The lowest BCUT2D eigenvalue weighted by molar-refractivity contribution is 0.317. The van der Waals surface area contributed by atoms with E-state index in [1.165, 1.54) is 11.1 Å². The van der Waals surface area contributed by atoms with Crippen molar-refractivity contribution in [2.75, 3.05) is 21.3 Å². The van der Waals surface area contributed by atoms with Gasteiger partial charge in [-0.1, -0.05) is 19.9 Å². The zero-order valence-corrected chi connectivity index (χ0v) is 15.5. The topological polar surface area (TPSA) is 52.6 Å². The van der Waals surface area contributed by atoms with E-state index >= 15 is 0 Å². The molecule has 0 aliphatic carbocycles. The van der Waals surface area contributed by atoms with Crippen LogP contribution in [0.1, 0.15) is 42.6 Å². The third-order valence-corrected chi connectivity index (χ3v) is 4.82. The molecule has 1 aliphatic heterocycles. The summed E-state index contributed by atoms with van der Waals surface area (Å²) in [7, 11) is 5.01. The van der Waals surface area contributed by atoms with E-state index in [2.05, 4.69) is 42.3 Å². The minimum absolute atomic E-state index is 0.140. The highest BCUT2D eigenvalue weighted by Crippen LogP contribution is 2.42. The largest absolute Gasteiger partial charge is 0.493 e. The monoisotopic (exact) mass is 342 g/mol. The fraction of sp³-hybridized carbons (Fsp3) is 0.450. The third kappa shape index (κ3) is 3.29. The first kappa shape index (κ1) is 17.5. The molecule has 0 fully saturated rings. The standard InChI is InChI=1S/C20H26N2O3/c1-12(2)19-15-11-18(24-4)17(23-3)10-13(15)9-16(22-19)14-7-6-8-21-20(14)25-5/h6-8,10-12,16,19,22H,9H2,1-5H3/t16-,19-/m1/s1. The lowest BCUT2D eigenvalue weighted by atomic mass is 9.83. The van der Waals surface area contributed by atoms with Crippen molar-refractivity contribution in [1.82, 2.24) is 10.3 Å². The molecule has 25 heavy (non-hydrogen) atoms. The fourth-order valence-corrected chi connectivity index (χ4v) is 3.58. The van der Waals surface area contributed by atoms with Crippen molar-refractivity contribution in [2.45, 2.75) is 32.4 Å². The van der Waals surface area contributed by atoms with Crippen molar-refractivity contribution < 1.29 is 14.2 Å². The number of ether oxygens (including phenoxy) is 3. The van der Waals surface area contributed by atoms with Gasteiger partial charge in [0, 0.05) is 23.8 Å². The van der Waals surface area contributed by atoms with Gasteiger partial charge >= 0.3 is 0 Å². The van der Waals surface area contributed by atoms with E-state index in [1.54, 1.807) is 27.5 Å². The van der Waals surface area contributed by atoms with Gasteiger partial charge in [-0.15, -0.1) is 0 Å². The van der Waals surface area contributed by atoms with Crippen LogP contribution in [0.2, 0.25) is 0 Å². The van der Waals surface area contributed by atoms with Crippen molar-refractivity contribution in [3.05, 3.63) is 47.2 Å². The Morgan fingerprint density at radius 3 is 2.40 bits per heavy atom. The van der Waals surface area contributed by atoms with Crippen molar-refractivity contribution in [1.29, 1.82) is 0 Å². The van der Waals surface area contributed by atoms with Crippen LogP contribution in [-0.4, -0.2) is 26.3 Å². The fourth-order valence-electron chi connectivity index (χ4n) is 3.58. The molecule has 0 unspecified atom stereocenters. The first-order chi connectivity index (χ1) is 12.1. The maximum absolute atomic E-state index is 5.50. The summed E-state index contributed by atoms with van der Waals surface area (Å²) in [6, 6.07) is 8.59. The van der Waals surface area contributed by atoms with E-state index in [-0.39, 0.29) is 12.1 Å². The molecule has 1 aromatic carbocycles. The molecule has 1 aromatic heterocycles. The van der Waals surface area contributed by atoms with Gasteiger partial charge in [-0.2, -0.15) is 0 Å². The number of aromatic nitrogens is 1. The van der Waals surface area contributed by atoms with E-state index < -0.39 is 0 Å². The molecule has 0 amide bonds. The molecule has 2 aromatic rings. The Morgan fingerprint density at radius 2 is 1.76 bits per heavy atom. The van der Waals surface area contributed by atoms with Gasteiger partial charge in [0.2, 0.25) is 5.88 Å². The Bertz CT molecular complexity index is 746. The molecular weight excluding hydrogens is 316 g/mol. The second-order valence-corrected chi connectivity index (χ2v) is 6.65. The Hall–Kier alpha value is -2.27. The molecular formula is C20H26N2O3. The van der Waals surface area contributed by atoms with E-state index in [0.717, 1.165) is 23.5 Å². The number of hydrogen-bond donors (Lipinski definition) is 1. The maximum atomic E-state index is 5.50. The van der Waals surface area contributed by atoms with Crippen molar-refractivity contribution in [2.24, 2.45) is 5.92 Å². The highest BCUT2D eigenvalue weighted by molar-refractivity contribution is 5.50. The summed E-state index contributed by atoms with van der Waals surface area (Å²) < 4.78 is 16.5. The summed E-state index contributed by atoms with van der Waals surface area (Å²) in [6.45, 7) is 4.45. The predicted molar refractivity (Wildman–Crippen MR) is 97.5 cm³/mol. The number of pyridine rings is 1. The average molecular weight is 342 g/mol. The molecule has 0 radical (unpaired) electrons. The van der Waals surface area contributed by atoms with Crippen LogP contribution in [0.4, 0.5) is 0 Å². The number of fused-ring (bicyclic) bond motifs is 1. The number of nitrogens with one attached hydrogen (secondary N) is 1. The van der Waals surface area contributed by atoms with Crippen molar-refractivity contribution >= 4 is 0 Å². The van der Waals surface area contributed by atoms with Gasteiger partial charge in [-0.05, 0) is 41.7 Å². The summed E-state index contributed by atoms with van der Waals surface area (Å²) in [5.74, 6) is 2.64. The number of rotatable bonds is 5. The first-order valence-electron chi connectivity index (χ1n) is 8.58. The second kappa shape index (κ2) is 7.31. The van der Waals surface area contributed by atoms with Crippen LogP contribution in [0.25, 0.3) is 0 Å². The number of benzene rings is 1. The Kier molecular flexibility index (Phi) is 5.13. The molecule has 1 aliphatic rings. The molecule has 1 N–H and O–H groups in total. The smallest absolute Gasteiger partial charge is 0.217 e. The normalized spacial score (nSPS) is 19.4. The minimum atomic E-state index is 0.140. The Labute approximate surface area is 149 Å². The quantitative estimate of drug-likeness (QED) is 0.898. The molecule has 134 valence electrons. The molecule has 2 atom stereocenters. The van der Waals surface area contributed by atoms with Gasteiger partial charge in [0.1, 0.15) is 0 Å². The number of nitrogens with zero attached hydrogens (tertiary/aromatic N) is 1. The zero-order chi connectivity index (χ0) is 18.0. The molecule has 0 saturated carbocycles. The lowest BCUT2D eigenvalue weighted by Crippen LogP contribution is -2.36. The zero-order valence-electron chi connectivity index (χ0n) is 15.5. The summed E-state index contributed by atoms with van der Waals surface area (Å²) in [6.07, 6.45) is 2.61. The SMILES string of the molecule is COc1cc2c(cc1OC)[C@@H](C(C)C)N[C@@H](c1cccnc1OC)C2. The van der Waals surface area contributed by atoms with Crippen LogP contribution in [0.15, 0.2) is 30.5 Å². The van der Waals surface area contributed by atoms with Gasteiger partial charge < -0.3 is 19.5 Å². The minimum Gasteiger partial charge on any atom is -0.493 e. The van der Waals surface area contributed by atoms with Crippen LogP contribution in [0.3, 0.4) is 0 Å². The molecule has 3 rings (SSSR count). The first-order valence-corrected chi connectivity index (χ1v) is 8.58. The second-order valence-electron chi connectivity index (χ2n) is 6.65. The van der Waals surface area contributed by atoms with Gasteiger partial charge in [-0.25, -0.2) is 4.98 Å². The summed E-state index contributed by atoms with van der Waals surface area (Å²) in [4.78, 5) is 4.35.